The molecule has 130 valence electrons. The summed E-state index contributed by atoms with van der Waals surface area (Å²) in [5.74, 6) is -0.305. The van der Waals surface area contributed by atoms with Gasteiger partial charge in [-0.05, 0) is 49.2 Å². The van der Waals surface area contributed by atoms with Gasteiger partial charge < -0.3 is 10.3 Å². The van der Waals surface area contributed by atoms with Gasteiger partial charge >= 0.3 is 6.18 Å². The molecule has 0 aliphatic carbocycles. The molecule has 5 nitrogen and oxygen atoms in total. The highest BCUT2D eigenvalue weighted by atomic mass is 19.4. The van der Waals surface area contributed by atoms with Crippen molar-refractivity contribution in [3.63, 3.8) is 0 Å². The standard InChI is InChI=1S/C17H15F3N4O/c1-8-6-12(15(21)25)22-14(9(8)2)16-23-11-7-10(17(18,19)20)4-5-13(11)24(16)3/h4-7H,1-3H3,(H2,21,25). The third-order valence-corrected chi connectivity index (χ3v) is 4.20. The Morgan fingerprint density at radius 3 is 2.44 bits per heavy atom. The number of nitrogens with zero attached hydrogens (tertiary/aromatic N) is 3. The van der Waals surface area contributed by atoms with Gasteiger partial charge in [0.1, 0.15) is 11.4 Å². The summed E-state index contributed by atoms with van der Waals surface area (Å²) in [5.41, 5.74) is 7.35. The van der Waals surface area contributed by atoms with Gasteiger partial charge in [-0.3, -0.25) is 4.79 Å². The summed E-state index contributed by atoms with van der Waals surface area (Å²) in [5, 5.41) is 0. The van der Waals surface area contributed by atoms with Crippen molar-refractivity contribution in [2.75, 3.05) is 0 Å². The number of amides is 1. The van der Waals surface area contributed by atoms with Crippen LogP contribution in [0.5, 0.6) is 0 Å². The number of pyridine rings is 1. The second-order valence-electron chi connectivity index (χ2n) is 5.86. The molecule has 0 aliphatic heterocycles. The average molecular weight is 348 g/mol. The fourth-order valence-electron chi connectivity index (χ4n) is 2.67. The molecule has 2 heterocycles. The second-order valence-corrected chi connectivity index (χ2v) is 5.86. The Kier molecular flexibility index (Phi) is 3.78. The van der Waals surface area contributed by atoms with E-state index in [0.717, 1.165) is 23.3 Å². The van der Waals surface area contributed by atoms with E-state index in [-0.39, 0.29) is 11.2 Å². The molecule has 2 aromatic heterocycles. The fraction of sp³-hybridized carbons (Fsp3) is 0.235. The first kappa shape index (κ1) is 16.9. The number of carbonyl (C=O) groups is 1. The quantitative estimate of drug-likeness (QED) is 0.772. The third kappa shape index (κ3) is 2.84. The molecule has 8 heteroatoms. The van der Waals surface area contributed by atoms with Crippen LogP contribution in [0.25, 0.3) is 22.6 Å². The summed E-state index contributed by atoms with van der Waals surface area (Å²) in [4.78, 5) is 20.0. The van der Waals surface area contributed by atoms with Crippen LogP contribution >= 0.6 is 0 Å². The molecule has 0 unspecified atom stereocenters. The summed E-state index contributed by atoms with van der Waals surface area (Å²) >= 11 is 0. The number of halogens is 3. The predicted octanol–water partition coefficient (Wildman–Crippen LogP) is 3.37. The summed E-state index contributed by atoms with van der Waals surface area (Å²) in [7, 11) is 1.69. The van der Waals surface area contributed by atoms with Crippen molar-refractivity contribution in [1.82, 2.24) is 14.5 Å². The number of rotatable bonds is 2. The van der Waals surface area contributed by atoms with Crippen molar-refractivity contribution in [1.29, 1.82) is 0 Å². The van der Waals surface area contributed by atoms with Crippen molar-refractivity contribution >= 4 is 16.9 Å². The Balaban J connectivity index is 2.26. The van der Waals surface area contributed by atoms with Gasteiger partial charge in [0.15, 0.2) is 5.82 Å². The molecule has 0 aliphatic rings. The molecular formula is C17H15F3N4O. The molecule has 0 saturated carbocycles. The van der Waals surface area contributed by atoms with E-state index in [0.29, 0.717) is 17.0 Å². The monoisotopic (exact) mass is 348 g/mol. The number of hydrogen-bond donors (Lipinski definition) is 1. The molecule has 0 fully saturated rings. The number of carbonyl (C=O) groups excluding carboxylic acids is 1. The van der Waals surface area contributed by atoms with E-state index < -0.39 is 17.6 Å². The lowest BCUT2D eigenvalue weighted by atomic mass is 10.1. The Bertz CT molecular complexity index is 1010. The Morgan fingerprint density at radius 2 is 1.84 bits per heavy atom. The number of alkyl halides is 3. The molecule has 3 aromatic rings. The maximum Gasteiger partial charge on any atom is 0.416 e. The molecule has 1 amide bonds. The zero-order chi connectivity index (χ0) is 18.5. The molecule has 1 aromatic carbocycles. The highest BCUT2D eigenvalue weighted by Crippen LogP contribution is 2.33. The first-order chi connectivity index (χ1) is 11.6. The number of primary amides is 1. The summed E-state index contributed by atoms with van der Waals surface area (Å²) in [6.45, 7) is 3.61. The Hall–Kier alpha value is -2.90. The van der Waals surface area contributed by atoms with Gasteiger partial charge in [-0.2, -0.15) is 13.2 Å². The lowest BCUT2D eigenvalue weighted by Crippen LogP contribution is -2.15. The summed E-state index contributed by atoms with van der Waals surface area (Å²) in [6, 6.07) is 4.96. The van der Waals surface area contributed by atoms with Crippen LogP contribution in [0.3, 0.4) is 0 Å². The lowest BCUT2D eigenvalue weighted by Gasteiger charge is -2.10. The highest BCUT2D eigenvalue weighted by Gasteiger charge is 2.31. The van der Waals surface area contributed by atoms with Crippen molar-refractivity contribution in [3.8, 4) is 11.5 Å². The molecule has 0 atom stereocenters. The van der Waals surface area contributed by atoms with Crippen LogP contribution in [0.15, 0.2) is 24.3 Å². The van der Waals surface area contributed by atoms with Gasteiger partial charge in [-0.15, -0.1) is 0 Å². The minimum absolute atomic E-state index is 0.0844. The van der Waals surface area contributed by atoms with E-state index >= 15 is 0 Å². The van der Waals surface area contributed by atoms with Crippen molar-refractivity contribution in [2.24, 2.45) is 12.8 Å². The minimum Gasteiger partial charge on any atom is -0.364 e. The summed E-state index contributed by atoms with van der Waals surface area (Å²) in [6.07, 6.45) is -4.44. The smallest absolute Gasteiger partial charge is 0.364 e. The zero-order valence-corrected chi connectivity index (χ0v) is 13.8. The van der Waals surface area contributed by atoms with E-state index in [9.17, 15) is 18.0 Å². The topological polar surface area (TPSA) is 73.8 Å². The van der Waals surface area contributed by atoms with Crippen LogP contribution in [-0.4, -0.2) is 20.4 Å². The first-order valence-corrected chi connectivity index (χ1v) is 7.41. The van der Waals surface area contributed by atoms with Gasteiger partial charge in [0, 0.05) is 7.05 Å². The van der Waals surface area contributed by atoms with E-state index in [2.05, 4.69) is 9.97 Å². The molecule has 2 N–H and O–H groups in total. The maximum absolute atomic E-state index is 12.9. The van der Waals surface area contributed by atoms with Crippen LogP contribution in [-0.2, 0) is 13.2 Å². The Labute approximate surface area is 141 Å². The number of nitrogens with two attached hydrogens (primary N) is 1. The first-order valence-electron chi connectivity index (χ1n) is 7.41. The lowest BCUT2D eigenvalue weighted by molar-refractivity contribution is -0.137. The molecule has 3 rings (SSSR count). The third-order valence-electron chi connectivity index (χ3n) is 4.20. The number of aromatic nitrogens is 3. The average Bonchev–Trinajstić information content (AvgIpc) is 2.85. The van der Waals surface area contributed by atoms with Crippen LogP contribution in [0.2, 0.25) is 0 Å². The number of benzene rings is 1. The van der Waals surface area contributed by atoms with Crippen molar-refractivity contribution in [2.45, 2.75) is 20.0 Å². The zero-order valence-electron chi connectivity index (χ0n) is 13.8. The van der Waals surface area contributed by atoms with Crippen molar-refractivity contribution < 1.29 is 18.0 Å². The van der Waals surface area contributed by atoms with Crippen LogP contribution in [0, 0.1) is 13.8 Å². The van der Waals surface area contributed by atoms with Gasteiger partial charge in [0.2, 0.25) is 0 Å². The number of hydrogen-bond acceptors (Lipinski definition) is 3. The SMILES string of the molecule is Cc1cc(C(N)=O)nc(-c2nc3cc(C(F)(F)F)ccc3n2C)c1C. The number of imidazole rings is 1. The fourth-order valence-corrected chi connectivity index (χ4v) is 2.67. The molecule has 0 radical (unpaired) electrons. The number of aryl methyl sites for hydroxylation is 2. The Morgan fingerprint density at radius 1 is 1.16 bits per heavy atom. The molecular weight excluding hydrogens is 333 g/mol. The van der Waals surface area contributed by atoms with Crippen molar-refractivity contribution in [3.05, 3.63) is 46.6 Å². The summed E-state index contributed by atoms with van der Waals surface area (Å²) < 4.78 is 40.4. The predicted molar refractivity (Wildman–Crippen MR) is 86.9 cm³/mol. The van der Waals surface area contributed by atoms with E-state index in [1.54, 1.807) is 24.6 Å². The maximum atomic E-state index is 12.9. The molecule has 0 spiro atoms. The second kappa shape index (κ2) is 5.58. The van der Waals surface area contributed by atoms with Gasteiger partial charge in [0.05, 0.1) is 16.6 Å². The highest BCUT2D eigenvalue weighted by molar-refractivity contribution is 5.92. The van der Waals surface area contributed by atoms with Crippen LogP contribution < -0.4 is 5.73 Å². The minimum atomic E-state index is -4.44. The van der Waals surface area contributed by atoms with E-state index in [1.807, 2.05) is 6.92 Å². The largest absolute Gasteiger partial charge is 0.416 e. The molecule has 25 heavy (non-hydrogen) atoms. The number of fused-ring (bicyclic) bond motifs is 1. The normalized spacial score (nSPS) is 11.9. The van der Waals surface area contributed by atoms with Crippen LogP contribution in [0.4, 0.5) is 13.2 Å². The van der Waals surface area contributed by atoms with Gasteiger partial charge in [-0.25, -0.2) is 9.97 Å². The molecule has 0 bridgehead atoms. The van der Waals surface area contributed by atoms with Gasteiger partial charge in [-0.1, -0.05) is 0 Å². The van der Waals surface area contributed by atoms with Gasteiger partial charge in [0.25, 0.3) is 5.91 Å². The van der Waals surface area contributed by atoms with E-state index in [4.69, 9.17) is 5.73 Å². The molecule has 0 saturated heterocycles. The van der Waals surface area contributed by atoms with E-state index in [1.165, 1.54) is 6.07 Å². The van der Waals surface area contributed by atoms with Crippen LogP contribution in [0.1, 0.15) is 27.2 Å².